The lowest BCUT2D eigenvalue weighted by molar-refractivity contribution is 0.583. The van der Waals surface area contributed by atoms with Crippen LogP contribution in [-0.4, -0.2) is 15.0 Å². The van der Waals surface area contributed by atoms with E-state index in [4.69, 9.17) is 11.6 Å². The third-order valence-corrected chi connectivity index (χ3v) is 3.85. The molecule has 0 fully saturated rings. The molecule has 0 N–H and O–H groups in total. The molecule has 0 unspecified atom stereocenters. The first-order chi connectivity index (χ1) is 9.56. The Morgan fingerprint density at radius 1 is 1.20 bits per heavy atom. The summed E-state index contributed by atoms with van der Waals surface area (Å²) in [7, 11) is 0. The van der Waals surface area contributed by atoms with Crippen LogP contribution in [0.1, 0.15) is 16.7 Å². The summed E-state index contributed by atoms with van der Waals surface area (Å²) < 4.78 is 15.5. The first-order valence-electron chi connectivity index (χ1n) is 6.29. The molecular formula is C15H13ClFN3. The summed E-state index contributed by atoms with van der Waals surface area (Å²) in [6.07, 6.45) is 0. The Morgan fingerprint density at radius 2 is 1.95 bits per heavy atom. The minimum absolute atomic E-state index is 0.268. The number of aryl methyl sites for hydroxylation is 2. The van der Waals surface area contributed by atoms with E-state index in [9.17, 15) is 4.39 Å². The van der Waals surface area contributed by atoms with E-state index in [0.717, 1.165) is 22.2 Å². The molecule has 0 bridgehead atoms. The van der Waals surface area contributed by atoms with Crippen LogP contribution < -0.4 is 0 Å². The first kappa shape index (κ1) is 13.1. The largest absolute Gasteiger partial charge is 0.240 e. The van der Waals surface area contributed by atoms with Crippen LogP contribution in [-0.2, 0) is 6.54 Å². The molecule has 0 amide bonds. The third kappa shape index (κ3) is 2.16. The minimum atomic E-state index is -0.329. The molecule has 3 rings (SSSR count). The van der Waals surface area contributed by atoms with E-state index >= 15 is 0 Å². The van der Waals surface area contributed by atoms with Crippen molar-refractivity contribution in [2.75, 3.05) is 0 Å². The molecule has 0 aliphatic rings. The molecule has 0 aliphatic carbocycles. The van der Waals surface area contributed by atoms with Gasteiger partial charge in [0.2, 0.25) is 0 Å². The average molecular weight is 290 g/mol. The molecule has 0 aliphatic heterocycles. The summed E-state index contributed by atoms with van der Waals surface area (Å²) in [4.78, 5) is 0. The fourth-order valence-corrected chi connectivity index (χ4v) is 2.40. The van der Waals surface area contributed by atoms with Crippen LogP contribution in [0.2, 0.25) is 5.02 Å². The molecule has 2 aromatic carbocycles. The molecule has 1 aromatic heterocycles. The van der Waals surface area contributed by atoms with Crippen molar-refractivity contribution in [1.82, 2.24) is 15.0 Å². The fraction of sp³-hybridized carbons (Fsp3) is 0.200. The van der Waals surface area contributed by atoms with Crippen molar-refractivity contribution in [3.8, 4) is 0 Å². The van der Waals surface area contributed by atoms with E-state index in [2.05, 4.69) is 10.3 Å². The zero-order valence-electron chi connectivity index (χ0n) is 11.2. The number of benzene rings is 2. The van der Waals surface area contributed by atoms with Crippen LogP contribution in [0.4, 0.5) is 4.39 Å². The first-order valence-corrected chi connectivity index (χ1v) is 6.67. The molecule has 0 radical (unpaired) electrons. The molecule has 0 saturated heterocycles. The van der Waals surface area contributed by atoms with Gasteiger partial charge in [0.05, 0.1) is 12.1 Å². The van der Waals surface area contributed by atoms with Crippen LogP contribution in [0, 0.1) is 19.7 Å². The summed E-state index contributed by atoms with van der Waals surface area (Å²) >= 11 is 6.05. The van der Waals surface area contributed by atoms with E-state index in [-0.39, 0.29) is 12.4 Å². The van der Waals surface area contributed by atoms with Gasteiger partial charge in [-0.3, -0.25) is 0 Å². The number of rotatable bonds is 2. The van der Waals surface area contributed by atoms with E-state index in [0.29, 0.717) is 10.6 Å². The monoisotopic (exact) mass is 289 g/mol. The second-order valence-electron chi connectivity index (χ2n) is 4.87. The van der Waals surface area contributed by atoms with Gasteiger partial charge < -0.3 is 0 Å². The number of fused-ring (bicyclic) bond motifs is 1. The number of hydrogen-bond acceptors (Lipinski definition) is 2. The molecular weight excluding hydrogens is 277 g/mol. The molecule has 102 valence electrons. The lowest BCUT2D eigenvalue weighted by atomic mass is 10.1. The van der Waals surface area contributed by atoms with Crippen molar-refractivity contribution < 1.29 is 4.39 Å². The summed E-state index contributed by atoms with van der Waals surface area (Å²) in [5.74, 6) is -0.329. The van der Waals surface area contributed by atoms with E-state index in [1.807, 2.05) is 26.0 Å². The minimum Gasteiger partial charge on any atom is -0.240 e. The molecule has 5 heteroatoms. The van der Waals surface area contributed by atoms with Crippen LogP contribution in [0.25, 0.3) is 11.0 Å². The Balaban J connectivity index is 2.10. The van der Waals surface area contributed by atoms with Crippen LogP contribution in [0.3, 0.4) is 0 Å². The van der Waals surface area contributed by atoms with Crippen molar-refractivity contribution >= 4 is 22.6 Å². The van der Waals surface area contributed by atoms with Gasteiger partial charge in [-0.1, -0.05) is 22.9 Å². The van der Waals surface area contributed by atoms with Gasteiger partial charge in [0.1, 0.15) is 11.3 Å². The molecule has 3 nitrogen and oxygen atoms in total. The number of halogens is 2. The van der Waals surface area contributed by atoms with Crippen LogP contribution >= 0.6 is 11.6 Å². The highest BCUT2D eigenvalue weighted by Gasteiger charge is 2.12. The van der Waals surface area contributed by atoms with Gasteiger partial charge >= 0.3 is 0 Å². The second kappa shape index (κ2) is 4.87. The number of hydrogen-bond donors (Lipinski definition) is 0. The summed E-state index contributed by atoms with van der Waals surface area (Å²) in [6.45, 7) is 4.33. The standard InChI is InChI=1S/C15H13ClFN3/c1-9-6-14-15(7-10(9)2)20(19-18-14)8-11-12(16)4-3-5-13(11)17/h3-7H,8H2,1-2H3. The van der Waals surface area contributed by atoms with Gasteiger partial charge in [0, 0.05) is 10.6 Å². The Hall–Kier alpha value is -1.94. The normalized spacial score (nSPS) is 11.2. The Bertz CT molecular complexity index is 775. The third-order valence-electron chi connectivity index (χ3n) is 3.50. The predicted octanol–water partition coefficient (Wildman–Crippen LogP) is 3.89. The van der Waals surface area contributed by atoms with E-state index < -0.39 is 0 Å². The highest BCUT2D eigenvalue weighted by molar-refractivity contribution is 6.31. The smallest absolute Gasteiger partial charge is 0.129 e. The Morgan fingerprint density at radius 3 is 2.70 bits per heavy atom. The van der Waals surface area contributed by atoms with Gasteiger partial charge in [0.15, 0.2) is 0 Å². The summed E-state index contributed by atoms with van der Waals surface area (Å²) in [5, 5.41) is 8.62. The SMILES string of the molecule is Cc1cc2nnn(Cc3c(F)cccc3Cl)c2cc1C. The topological polar surface area (TPSA) is 30.7 Å². The average Bonchev–Trinajstić information content (AvgIpc) is 2.77. The van der Waals surface area contributed by atoms with Crippen molar-refractivity contribution in [3.05, 3.63) is 57.9 Å². The summed E-state index contributed by atoms with van der Waals surface area (Å²) in [5.41, 5.74) is 4.43. The molecule has 3 aromatic rings. The van der Waals surface area contributed by atoms with Gasteiger partial charge in [-0.2, -0.15) is 0 Å². The van der Waals surface area contributed by atoms with Gasteiger partial charge in [-0.25, -0.2) is 9.07 Å². The molecule has 0 saturated carbocycles. The zero-order valence-corrected chi connectivity index (χ0v) is 11.9. The molecule has 20 heavy (non-hydrogen) atoms. The predicted molar refractivity (Wildman–Crippen MR) is 77.5 cm³/mol. The van der Waals surface area contributed by atoms with Gasteiger partial charge in [-0.05, 0) is 49.2 Å². The zero-order chi connectivity index (χ0) is 14.3. The van der Waals surface area contributed by atoms with Gasteiger partial charge in [-0.15, -0.1) is 5.10 Å². The van der Waals surface area contributed by atoms with Crippen molar-refractivity contribution in [2.24, 2.45) is 0 Å². The number of nitrogens with zero attached hydrogens (tertiary/aromatic N) is 3. The summed E-state index contributed by atoms with van der Waals surface area (Å²) in [6, 6.07) is 8.66. The fourth-order valence-electron chi connectivity index (χ4n) is 2.17. The molecule has 0 atom stereocenters. The van der Waals surface area contributed by atoms with Crippen LogP contribution in [0.15, 0.2) is 30.3 Å². The second-order valence-corrected chi connectivity index (χ2v) is 5.28. The molecule has 0 spiro atoms. The van der Waals surface area contributed by atoms with Crippen LogP contribution in [0.5, 0.6) is 0 Å². The van der Waals surface area contributed by atoms with E-state index in [1.165, 1.54) is 6.07 Å². The maximum Gasteiger partial charge on any atom is 0.129 e. The van der Waals surface area contributed by atoms with Crippen molar-refractivity contribution in [2.45, 2.75) is 20.4 Å². The highest BCUT2D eigenvalue weighted by atomic mass is 35.5. The lowest BCUT2D eigenvalue weighted by Gasteiger charge is -2.07. The quantitative estimate of drug-likeness (QED) is 0.716. The van der Waals surface area contributed by atoms with E-state index in [1.54, 1.807) is 16.8 Å². The van der Waals surface area contributed by atoms with Crippen molar-refractivity contribution in [3.63, 3.8) is 0 Å². The Kier molecular flexibility index (Phi) is 3.18. The maximum atomic E-state index is 13.8. The molecule has 1 heterocycles. The maximum absolute atomic E-state index is 13.8. The number of aromatic nitrogens is 3. The van der Waals surface area contributed by atoms with Gasteiger partial charge in [0.25, 0.3) is 0 Å². The highest BCUT2D eigenvalue weighted by Crippen LogP contribution is 2.22. The van der Waals surface area contributed by atoms with Crippen molar-refractivity contribution in [1.29, 1.82) is 0 Å². The Labute approximate surface area is 121 Å². The lowest BCUT2D eigenvalue weighted by Crippen LogP contribution is -2.04.